The number of hydrogen-bond donors (Lipinski definition) is 2. The third-order valence-electron chi connectivity index (χ3n) is 2.41. The van der Waals surface area contributed by atoms with Gasteiger partial charge in [0.15, 0.2) is 0 Å². The van der Waals surface area contributed by atoms with Crippen LogP contribution in [0.25, 0.3) is 0 Å². The highest BCUT2D eigenvalue weighted by atomic mass is 32.2. The number of unbranched alkanes of at least 4 members (excludes halogenated alkanes) is 3. The molecule has 0 atom stereocenters. The molecule has 1 rings (SSSR count). The summed E-state index contributed by atoms with van der Waals surface area (Å²) in [4.78, 5) is 0. The van der Waals surface area contributed by atoms with Crippen molar-refractivity contribution in [2.24, 2.45) is 5.73 Å². The van der Waals surface area contributed by atoms with E-state index < -0.39 is 10.0 Å². The first kappa shape index (κ1) is 14.0. The van der Waals surface area contributed by atoms with E-state index in [1.165, 1.54) is 0 Å². The topological polar surface area (TPSA) is 72.2 Å². The second kappa shape index (κ2) is 7.29. The Hall–Kier alpha value is -1.07. The van der Waals surface area contributed by atoms with Gasteiger partial charge in [-0.25, -0.2) is 8.42 Å². The molecule has 0 aromatic heterocycles. The molecule has 1 aromatic rings. The third kappa shape index (κ3) is 6.28. The van der Waals surface area contributed by atoms with Crippen molar-refractivity contribution in [2.75, 3.05) is 17.0 Å². The van der Waals surface area contributed by atoms with E-state index in [0.29, 0.717) is 18.7 Å². The first-order valence-electron chi connectivity index (χ1n) is 5.90. The summed E-state index contributed by atoms with van der Waals surface area (Å²) in [5, 5.41) is 0. The van der Waals surface area contributed by atoms with Crippen molar-refractivity contribution in [3.63, 3.8) is 0 Å². The smallest absolute Gasteiger partial charge is 0.232 e. The molecule has 3 N–H and O–H groups in total. The SMILES string of the molecule is NCCCCCCS(=O)(=O)Nc1ccccc1. The number of hydrogen-bond acceptors (Lipinski definition) is 3. The zero-order valence-corrected chi connectivity index (χ0v) is 10.7. The number of rotatable bonds is 8. The first-order valence-corrected chi connectivity index (χ1v) is 7.55. The van der Waals surface area contributed by atoms with Crippen LogP contribution in [-0.2, 0) is 10.0 Å². The Kier molecular flexibility index (Phi) is 6.00. The van der Waals surface area contributed by atoms with Gasteiger partial charge in [0.1, 0.15) is 0 Å². The summed E-state index contributed by atoms with van der Waals surface area (Å²) in [6.07, 6.45) is 3.55. The normalized spacial score (nSPS) is 11.4. The van der Waals surface area contributed by atoms with Crippen LogP contribution in [0, 0.1) is 0 Å². The van der Waals surface area contributed by atoms with Crippen LogP contribution in [0.4, 0.5) is 5.69 Å². The molecule has 0 aliphatic heterocycles. The lowest BCUT2D eigenvalue weighted by Gasteiger charge is -2.07. The van der Waals surface area contributed by atoms with Crippen molar-refractivity contribution in [1.82, 2.24) is 0 Å². The molecule has 0 aliphatic rings. The Labute approximate surface area is 103 Å². The van der Waals surface area contributed by atoms with Crippen LogP contribution in [-0.4, -0.2) is 20.7 Å². The first-order chi connectivity index (χ1) is 8.14. The third-order valence-corrected chi connectivity index (χ3v) is 3.79. The summed E-state index contributed by atoms with van der Waals surface area (Å²) < 4.78 is 26.0. The predicted molar refractivity (Wildman–Crippen MR) is 71.4 cm³/mol. The largest absolute Gasteiger partial charge is 0.330 e. The van der Waals surface area contributed by atoms with Crippen LogP contribution in [0.5, 0.6) is 0 Å². The van der Waals surface area contributed by atoms with Crippen LogP contribution >= 0.6 is 0 Å². The number of anilines is 1. The molecule has 17 heavy (non-hydrogen) atoms. The minimum Gasteiger partial charge on any atom is -0.330 e. The Morgan fingerprint density at radius 3 is 2.29 bits per heavy atom. The zero-order valence-electron chi connectivity index (χ0n) is 9.93. The summed E-state index contributed by atoms with van der Waals surface area (Å²) in [7, 11) is -3.20. The molecule has 4 nitrogen and oxygen atoms in total. The number of para-hydroxylation sites is 1. The molecule has 0 saturated heterocycles. The average molecular weight is 256 g/mol. The fraction of sp³-hybridized carbons (Fsp3) is 0.500. The van der Waals surface area contributed by atoms with Crippen molar-refractivity contribution < 1.29 is 8.42 Å². The molecule has 0 aliphatic carbocycles. The van der Waals surface area contributed by atoms with Crippen LogP contribution in [0.2, 0.25) is 0 Å². The minimum atomic E-state index is -3.20. The summed E-state index contributed by atoms with van der Waals surface area (Å²) in [6, 6.07) is 8.95. The van der Waals surface area contributed by atoms with E-state index in [9.17, 15) is 8.42 Å². The maximum atomic E-state index is 11.7. The lowest BCUT2D eigenvalue weighted by atomic mass is 10.2. The molecule has 0 amide bonds. The van der Waals surface area contributed by atoms with Gasteiger partial charge in [0.05, 0.1) is 5.75 Å². The van der Waals surface area contributed by atoms with Gasteiger partial charge in [-0.2, -0.15) is 0 Å². The van der Waals surface area contributed by atoms with Gasteiger partial charge in [0.2, 0.25) is 10.0 Å². The predicted octanol–water partition coefficient (Wildman–Crippen LogP) is 1.95. The van der Waals surface area contributed by atoms with Gasteiger partial charge in [-0.1, -0.05) is 31.0 Å². The van der Waals surface area contributed by atoms with Gasteiger partial charge in [-0.05, 0) is 31.5 Å². The van der Waals surface area contributed by atoms with Gasteiger partial charge in [0, 0.05) is 5.69 Å². The van der Waals surface area contributed by atoms with Crippen LogP contribution in [0.1, 0.15) is 25.7 Å². The molecule has 96 valence electrons. The highest BCUT2D eigenvalue weighted by Gasteiger charge is 2.09. The van der Waals surface area contributed by atoms with Crippen molar-refractivity contribution >= 4 is 15.7 Å². The van der Waals surface area contributed by atoms with Crippen LogP contribution < -0.4 is 10.5 Å². The summed E-state index contributed by atoms with van der Waals surface area (Å²) in [5.74, 6) is 0.173. The molecular weight excluding hydrogens is 236 g/mol. The Balaban J connectivity index is 2.32. The monoisotopic (exact) mass is 256 g/mol. The molecular formula is C12H20N2O2S. The van der Waals surface area contributed by atoms with Crippen LogP contribution in [0.3, 0.4) is 0 Å². The van der Waals surface area contributed by atoms with Gasteiger partial charge < -0.3 is 5.73 Å². The highest BCUT2D eigenvalue weighted by Crippen LogP contribution is 2.09. The van der Waals surface area contributed by atoms with Crippen LogP contribution in [0.15, 0.2) is 30.3 Å². The van der Waals surface area contributed by atoms with Gasteiger partial charge in [0.25, 0.3) is 0 Å². The fourth-order valence-corrected chi connectivity index (χ4v) is 2.71. The molecule has 0 radical (unpaired) electrons. The summed E-state index contributed by atoms with van der Waals surface area (Å²) >= 11 is 0. The highest BCUT2D eigenvalue weighted by molar-refractivity contribution is 7.92. The molecule has 0 bridgehead atoms. The van der Waals surface area contributed by atoms with E-state index in [0.717, 1.165) is 19.3 Å². The number of sulfonamides is 1. The van der Waals surface area contributed by atoms with E-state index in [2.05, 4.69) is 4.72 Å². The van der Waals surface area contributed by atoms with Crippen molar-refractivity contribution in [3.05, 3.63) is 30.3 Å². The van der Waals surface area contributed by atoms with E-state index >= 15 is 0 Å². The number of nitrogens with two attached hydrogens (primary N) is 1. The Morgan fingerprint density at radius 2 is 1.65 bits per heavy atom. The molecule has 0 spiro atoms. The Bertz CT molecular complexity index is 404. The minimum absolute atomic E-state index is 0.173. The van der Waals surface area contributed by atoms with Crippen molar-refractivity contribution in [2.45, 2.75) is 25.7 Å². The standard InChI is InChI=1S/C12H20N2O2S/c13-10-6-1-2-7-11-17(15,16)14-12-8-4-3-5-9-12/h3-5,8-9,14H,1-2,6-7,10-11,13H2. The molecule has 1 aromatic carbocycles. The van der Waals surface area contributed by atoms with Crippen molar-refractivity contribution in [1.29, 1.82) is 0 Å². The quantitative estimate of drug-likeness (QED) is 0.698. The molecule has 0 heterocycles. The lowest BCUT2D eigenvalue weighted by Crippen LogP contribution is -2.16. The second-order valence-corrected chi connectivity index (χ2v) is 5.83. The molecule has 0 saturated carbocycles. The maximum Gasteiger partial charge on any atom is 0.232 e. The average Bonchev–Trinajstić information content (AvgIpc) is 2.29. The lowest BCUT2D eigenvalue weighted by molar-refractivity contribution is 0.593. The van der Waals surface area contributed by atoms with Crippen molar-refractivity contribution in [3.8, 4) is 0 Å². The van der Waals surface area contributed by atoms with Gasteiger partial charge >= 0.3 is 0 Å². The maximum absolute atomic E-state index is 11.7. The van der Waals surface area contributed by atoms with Gasteiger partial charge in [-0.3, -0.25) is 4.72 Å². The van der Waals surface area contributed by atoms with E-state index in [-0.39, 0.29) is 5.75 Å². The molecule has 0 unspecified atom stereocenters. The fourth-order valence-electron chi connectivity index (χ4n) is 1.53. The Morgan fingerprint density at radius 1 is 1.00 bits per heavy atom. The number of nitrogens with one attached hydrogen (secondary N) is 1. The summed E-state index contributed by atoms with van der Waals surface area (Å²) in [6.45, 7) is 0.676. The second-order valence-electron chi connectivity index (χ2n) is 3.99. The van der Waals surface area contributed by atoms with E-state index in [4.69, 9.17) is 5.73 Å². The zero-order chi connectivity index (χ0) is 12.6. The molecule has 5 heteroatoms. The van der Waals surface area contributed by atoms with E-state index in [1.54, 1.807) is 24.3 Å². The van der Waals surface area contributed by atoms with Gasteiger partial charge in [-0.15, -0.1) is 0 Å². The number of benzene rings is 1. The summed E-state index contributed by atoms with van der Waals surface area (Å²) in [5.41, 5.74) is 5.99. The molecule has 0 fully saturated rings. The van der Waals surface area contributed by atoms with E-state index in [1.807, 2.05) is 6.07 Å².